The average Bonchev–Trinajstić information content (AvgIpc) is 3.23. The van der Waals surface area contributed by atoms with Gasteiger partial charge in [0.25, 0.3) is 0 Å². The Kier molecular flexibility index (Phi) is 5.82. The lowest BCUT2D eigenvalue weighted by molar-refractivity contribution is 0.0114. The van der Waals surface area contributed by atoms with Crippen LogP contribution in [0.2, 0.25) is 5.02 Å². The van der Waals surface area contributed by atoms with E-state index in [1.54, 1.807) is 17.3 Å². The number of aromatic nitrogens is 5. The standard InChI is InChI=1S/C26H29ClN6O3/c1-16-23(9-17-3-4-18(12-22(17)27)32-15-28-13-31-32)29-14-30-24(16)35-21-10-19-5-6-20(11-21)33(19)25(34)36-26(2)7-8-26/h3-4,12-15,19-21H,5-11H2,1-2H3. The quantitative estimate of drug-likeness (QED) is 0.477. The molecule has 1 amide bonds. The molecule has 2 aliphatic heterocycles. The van der Waals surface area contributed by atoms with Gasteiger partial charge >= 0.3 is 6.09 Å². The van der Waals surface area contributed by atoms with Gasteiger partial charge < -0.3 is 14.4 Å². The Balaban J connectivity index is 1.13. The minimum absolute atomic E-state index is 0.00932. The Morgan fingerprint density at radius 1 is 1.17 bits per heavy atom. The largest absolute Gasteiger partial charge is 0.474 e. The molecule has 1 aliphatic carbocycles. The number of piperidine rings is 1. The molecule has 3 aromatic rings. The van der Waals surface area contributed by atoms with Crippen LogP contribution < -0.4 is 4.74 Å². The van der Waals surface area contributed by atoms with Crippen LogP contribution in [-0.2, 0) is 11.2 Å². The van der Waals surface area contributed by atoms with Gasteiger partial charge in [-0.3, -0.25) is 0 Å². The van der Waals surface area contributed by atoms with E-state index in [1.807, 2.05) is 36.9 Å². The number of halogens is 1. The Bertz CT molecular complexity index is 1260. The molecule has 0 spiro atoms. The first-order valence-corrected chi connectivity index (χ1v) is 12.9. The highest BCUT2D eigenvalue weighted by molar-refractivity contribution is 6.31. The van der Waals surface area contributed by atoms with Gasteiger partial charge in [-0.2, -0.15) is 5.10 Å². The number of rotatable bonds is 6. The van der Waals surface area contributed by atoms with Gasteiger partial charge in [-0.15, -0.1) is 0 Å². The number of carbonyl (C=O) groups excluding carboxylic acids is 1. The molecular weight excluding hydrogens is 480 g/mol. The zero-order valence-electron chi connectivity index (χ0n) is 20.4. The lowest BCUT2D eigenvalue weighted by atomic mass is 10.00. The molecule has 1 saturated carbocycles. The number of ether oxygens (including phenoxy) is 2. The van der Waals surface area contributed by atoms with Crippen LogP contribution in [0.4, 0.5) is 4.79 Å². The van der Waals surface area contributed by atoms with Crippen LogP contribution in [-0.4, -0.2) is 59.5 Å². The van der Waals surface area contributed by atoms with Gasteiger partial charge in [-0.05, 0) is 57.2 Å². The van der Waals surface area contributed by atoms with Crippen molar-refractivity contribution < 1.29 is 14.3 Å². The molecule has 188 valence electrons. The zero-order chi connectivity index (χ0) is 24.9. The van der Waals surface area contributed by atoms with Crippen molar-refractivity contribution in [1.29, 1.82) is 0 Å². The van der Waals surface area contributed by atoms with E-state index in [4.69, 9.17) is 21.1 Å². The van der Waals surface area contributed by atoms with E-state index in [2.05, 4.69) is 20.1 Å². The lowest BCUT2D eigenvalue weighted by Gasteiger charge is -2.38. The fourth-order valence-electron chi connectivity index (χ4n) is 5.33. The number of nitrogens with zero attached hydrogens (tertiary/aromatic N) is 6. The van der Waals surface area contributed by atoms with E-state index >= 15 is 0 Å². The number of benzene rings is 1. The molecule has 36 heavy (non-hydrogen) atoms. The minimum atomic E-state index is -0.252. The summed E-state index contributed by atoms with van der Waals surface area (Å²) in [6, 6.07) is 6.13. The zero-order valence-corrected chi connectivity index (χ0v) is 21.2. The second-order valence-corrected chi connectivity index (χ2v) is 10.8. The summed E-state index contributed by atoms with van der Waals surface area (Å²) < 4.78 is 13.8. The summed E-state index contributed by atoms with van der Waals surface area (Å²) in [7, 11) is 0. The van der Waals surface area contributed by atoms with Crippen molar-refractivity contribution in [3.63, 3.8) is 0 Å². The van der Waals surface area contributed by atoms with Gasteiger partial charge in [0.1, 0.15) is 30.7 Å². The first kappa shape index (κ1) is 23.2. The number of fused-ring (bicyclic) bond motifs is 2. The van der Waals surface area contributed by atoms with Crippen molar-refractivity contribution in [3.8, 4) is 11.6 Å². The second kappa shape index (κ2) is 9.03. The van der Waals surface area contributed by atoms with Crippen molar-refractivity contribution >= 4 is 17.7 Å². The van der Waals surface area contributed by atoms with E-state index in [-0.39, 0.29) is 29.9 Å². The molecule has 2 bridgehead atoms. The van der Waals surface area contributed by atoms with E-state index < -0.39 is 0 Å². The molecule has 2 aromatic heterocycles. The van der Waals surface area contributed by atoms with Crippen LogP contribution in [0, 0.1) is 6.92 Å². The van der Waals surface area contributed by atoms with Gasteiger partial charge in [0.2, 0.25) is 5.88 Å². The second-order valence-electron chi connectivity index (χ2n) is 10.4. The Morgan fingerprint density at radius 2 is 1.94 bits per heavy atom. The summed E-state index contributed by atoms with van der Waals surface area (Å²) in [5, 5.41) is 4.79. The molecule has 2 saturated heterocycles. The predicted octanol–water partition coefficient (Wildman–Crippen LogP) is 4.67. The number of hydrogen-bond acceptors (Lipinski definition) is 7. The summed E-state index contributed by atoms with van der Waals surface area (Å²) in [6.45, 7) is 4.00. The van der Waals surface area contributed by atoms with E-state index in [1.165, 1.54) is 6.33 Å². The SMILES string of the molecule is Cc1c(Cc2ccc(-n3cncn3)cc2Cl)ncnc1OC1CC2CCC(C1)N2C(=O)OC1(C)CC1. The van der Waals surface area contributed by atoms with Gasteiger partial charge in [0.15, 0.2) is 0 Å². The van der Waals surface area contributed by atoms with Crippen LogP contribution in [0.5, 0.6) is 5.88 Å². The first-order valence-electron chi connectivity index (χ1n) is 12.5. The van der Waals surface area contributed by atoms with Crippen molar-refractivity contribution in [3.05, 3.63) is 59.0 Å². The van der Waals surface area contributed by atoms with Gasteiger partial charge in [-0.1, -0.05) is 17.7 Å². The highest BCUT2D eigenvalue weighted by Gasteiger charge is 2.49. The molecule has 2 atom stereocenters. The van der Waals surface area contributed by atoms with Gasteiger partial charge in [0, 0.05) is 41.9 Å². The average molecular weight is 509 g/mol. The predicted molar refractivity (Wildman–Crippen MR) is 132 cm³/mol. The highest BCUT2D eigenvalue weighted by Crippen LogP contribution is 2.42. The third-order valence-electron chi connectivity index (χ3n) is 7.69. The Morgan fingerprint density at radius 3 is 2.61 bits per heavy atom. The van der Waals surface area contributed by atoms with Crippen LogP contribution in [0.1, 0.15) is 62.3 Å². The lowest BCUT2D eigenvalue weighted by Crippen LogP contribution is -2.50. The summed E-state index contributed by atoms with van der Waals surface area (Å²) in [5.41, 5.74) is 3.34. The topological polar surface area (TPSA) is 95.3 Å². The van der Waals surface area contributed by atoms with Crippen LogP contribution in [0.3, 0.4) is 0 Å². The maximum Gasteiger partial charge on any atom is 0.410 e. The third-order valence-corrected chi connectivity index (χ3v) is 8.04. The summed E-state index contributed by atoms with van der Waals surface area (Å²) in [6.07, 6.45) is 10.6. The fourth-order valence-corrected chi connectivity index (χ4v) is 5.57. The summed E-state index contributed by atoms with van der Waals surface area (Å²) >= 11 is 6.59. The van der Waals surface area contributed by atoms with Crippen LogP contribution in [0.15, 0.2) is 37.2 Å². The molecule has 3 fully saturated rings. The Hall–Kier alpha value is -3.20. The molecule has 6 rings (SSSR count). The van der Waals surface area contributed by atoms with Crippen LogP contribution in [0.25, 0.3) is 5.69 Å². The van der Waals surface area contributed by atoms with Gasteiger partial charge in [0.05, 0.1) is 11.4 Å². The first-order chi connectivity index (χ1) is 17.4. The summed E-state index contributed by atoms with van der Waals surface area (Å²) in [4.78, 5) is 27.7. The van der Waals surface area contributed by atoms with Gasteiger partial charge in [-0.25, -0.2) is 24.4 Å². The maximum absolute atomic E-state index is 12.8. The molecule has 2 unspecified atom stereocenters. The normalized spacial score (nSPS) is 24.0. The summed E-state index contributed by atoms with van der Waals surface area (Å²) in [5.74, 6) is 0.598. The molecule has 0 N–H and O–H groups in total. The smallest absolute Gasteiger partial charge is 0.410 e. The van der Waals surface area contributed by atoms with Crippen molar-refractivity contribution in [2.45, 2.75) is 82.6 Å². The monoisotopic (exact) mass is 508 g/mol. The number of amides is 1. The molecular formula is C26H29ClN6O3. The molecule has 1 aromatic carbocycles. The van der Waals surface area contributed by atoms with E-state index in [0.717, 1.165) is 61.0 Å². The van der Waals surface area contributed by atoms with Crippen molar-refractivity contribution in [2.75, 3.05) is 0 Å². The fraction of sp³-hybridized carbons (Fsp3) is 0.500. The van der Waals surface area contributed by atoms with Crippen molar-refractivity contribution in [1.82, 2.24) is 29.6 Å². The molecule has 3 aliphatic rings. The minimum Gasteiger partial charge on any atom is -0.474 e. The molecule has 9 nitrogen and oxygen atoms in total. The number of hydrogen-bond donors (Lipinski definition) is 0. The van der Waals surface area contributed by atoms with E-state index in [9.17, 15) is 4.79 Å². The molecule has 4 heterocycles. The molecule has 0 radical (unpaired) electrons. The van der Waals surface area contributed by atoms with Crippen LogP contribution >= 0.6 is 11.6 Å². The third kappa shape index (κ3) is 4.52. The Labute approximate surface area is 214 Å². The van der Waals surface area contributed by atoms with E-state index in [0.29, 0.717) is 17.3 Å². The molecule has 10 heteroatoms. The van der Waals surface area contributed by atoms with Crippen molar-refractivity contribution in [2.24, 2.45) is 0 Å². The highest BCUT2D eigenvalue weighted by atomic mass is 35.5. The number of carbonyl (C=O) groups is 1. The maximum atomic E-state index is 12.8.